The fourth-order valence-electron chi connectivity index (χ4n) is 1.81. The predicted octanol–water partition coefficient (Wildman–Crippen LogP) is 0.131. The average Bonchev–Trinajstić information content (AvgIpc) is 2.83. The zero-order valence-electron chi connectivity index (χ0n) is 10.2. The van der Waals surface area contributed by atoms with E-state index in [2.05, 4.69) is 5.32 Å². The van der Waals surface area contributed by atoms with Gasteiger partial charge in [0.2, 0.25) is 10.0 Å². The fourth-order valence-corrected chi connectivity index (χ4v) is 2.36. The number of nitrogens with two attached hydrogens (primary N) is 1. The molecule has 110 valence electrons. The summed E-state index contributed by atoms with van der Waals surface area (Å²) in [7, 11) is -4.24. The summed E-state index contributed by atoms with van der Waals surface area (Å²) in [6.45, 7) is 0.726. The van der Waals surface area contributed by atoms with E-state index in [9.17, 15) is 22.0 Å². The normalized spacial score (nSPS) is 19.1. The average molecular weight is 306 g/mol. The molecule has 1 aliphatic rings. The van der Waals surface area contributed by atoms with Gasteiger partial charge in [-0.25, -0.2) is 22.3 Å². The van der Waals surface area contributed by atoms with Gasteiger partial charge in [0.25, 0.3) is 5.91 Å². The molecule has 0 spiro atoms. The van der Waals surface area contributed by atoms with Crippen LogP contribution >= 0.6 is 0 Å². The monoisotopic (exact) mass is 306 g/mol. The van der Waals surface area contributed by atoms with E-state index in [1.54, 1.807) is 0 Å². The van der Waals surface area contributed by atoms with Crippen molar-refractivity contribution in [3.8, 4) is 0 Å². The van der Waals surface area contributed by atoms with Crippen LogP contribution in [0.15, 0.2) is 17.0 Å². The van der Waals surface area contributed by atoms with Gasteiger partial charge in [-0.05, 0) is 18.6 Å². The molecule has 1 heterocycles. The Morgan fingerprint density at radius 1 is 1.40 bits per heavy atom. The van der Waals surface area contributed by atoms with Crippen molar-refractivity contribution in [1.29, 1.82) is 0 Å². The van der Waals surface area contributed by atoms with Crippen LogP contribution in [0.2, 0.25) is 0 Å². The third-order valence-electron chi connectivity index (χ3n) is 2.84. The molecule has 1 aromatic carbocycles. The van der Waals surface area contributed by atoms with Crippen LogP contribution in [0.5, 0.6) is 0 Å². The fraction of sp³-hybridized carbons (Fsp3) is 0.364. The van der Waals surface area contributed by atoms with Crippen LogP contribution < -0.4 is 10.5 Å². The minimum Gasteiger partial charge on any atom is -0.379 e. The molecular formula is C11H12F2N2O4S. The summed E-state index contributed by atoms with van der Waals surface area (Å²) in [5, 5.41) is 7.28. The van der Waals surface area contributed by atoms with Gasteiger partial charge >= 0.3 is 0 Å². The summed E-state index contributed by atoms with van der Waals surface area (Å²) in [4.78, 5) is 11.2. The number of nitrogens with one attached hydrogen (secondary N) is 1. The first-order valence-corrected chi connectivity index (χ1v) is 7.24. The minimum atomic E-state index is -4.24. The topological polar surface area (TPSA) is 98.5 Å². The van der Waals surface area contributed by atoms with Crippen molar-refractivity contribution in [2.75, 3.05) is 13.2 Å². The van der Waals surface area contributed by atoms with Crippen LogP contribution in [0.25, 0.3) is 0 Å². The highest BCUT2D eigenvalue weighted by atomic mass is 32.2. The van der Waals surface area contributed by atoms with Crippen molar-refractivity contribution in [1.82, 2.24) is 5.32 Å². The molecule has 1 unspecified atom stereocenters. The smallest absolute Gasteiger partial charge is 0.254 e. The molecule has 1 saturated heterocycles. The molecule has 0 aromatic heterocycles. The van der Waals surface area contributed by atoms with Gasteiger partial charge in [-0.1, -0.05) is 0 Å². The maximum absolute atomic E-state index is 13.6. The SMILES string of the molecule is NS(=O)(=O)c1cc(F)c(F)c(C(=O)NC2CCOC2)c1. The summed E-state index contributed by atoms with van der Waals surface area (Å²) in [6.07, 6.45) is 0.546. The van der Waals surface area contributed by atoms with Crippen molar-refractivity contribution < 1.29 is 26.7 Å². The largest absolute Gasteiger partial charge is 0.379 e. The van der Waals surface area contributed by atoms with E-state index in [4.69, 9.17) is 9.88 Å². The molecule has 1 amide bonds. The number of benzene rings is 1. The van der Waals surface area contributed by atoms with E-state index in [0.29, 0.717) is 25.2 Å². The maximum Gasteiger partial charge on any atom is 0.254 e. The second kappa shape index (κ2) is 5.43. The Bertz CT molecular complexity index is 642. The van der Waals surface area contributed by atoms with Crippen molar-refractivity contribution in [3.05, 3.63) is 29.3 Å². The molecule has 1 aliphatic heterocycles. The molecule has 1 fully saturated rings. The number of carbonyl (C=O) groups is 1. The van der Waals surface area contributed by atoms with Crippen LogP contribution in [-0.2, 0) is 14.8 Å². The Labute approximate surface area is 114 Å². The lowest BCUT2D eigenvalue weighted by Crippen LogP contribution is -2.35. The lowest BCUT2D eigenvalue weighted by molar-refractivity contribution is 0.0924. The highest BCUT2D eigenvalue weighted by Crippen LogP contribution is 2.18. The minimum absolute atomic E-state index is 0.269. The first kappa shape index (κ1) is 14.8. The maximum atomic E-state index is 13.6. The van der Waals surface area contributed by atoms with Gasteiger partial charge in [0.15, 0.2) is 11.6 Å². The molecular weight excluding hydrogens is 294 g/mol. The first-order chi connectivity index (χ1) is 9.29. The highest BCUT2D eigenvalue weighted by Gasteiger charge is 2.24. The summed E-state index contributed by atoms with van der Waals surface area (Å²) in [5.74, 6) is -3.79. The molecule has 0 aliphatic carbocycles. The Balaban J connectivity index is 2.34. The predicted molar refractivity (Wildman–Crippen MR) is 64.4 cm³/mol. The third kappa shape index (κ3) is 3.11. The Hall–Kier alpha value is -1.58. The van der Waals surface area contributed by atoms with Crippen molar-refractivity contribution >= 4 is 15.9 Å². The number of hydrogen-bond donors (Lipinski definition) is 2. The quantitative estimate of drug-likeness (QED) is 0.829. The van der Waals surface area contributed by atoms with Crippen LogP contribution in [0.1, 0.15) is 16.8 Å². The van der Waals surface area contributed by atoms with Gasteiger partial charge in [-0.2, -0.15) is 0 Å². The number of primary sulfonamides is 1. The van der Waals surface area contributed by atoms with Gasteiger partial charge in [-0.15, -0.1) is 0 Å². The summed E-state index contributed by atoms with van der Waals surface area (Å²) in [5.41, 5.74) is -0.707. The number of halogens is 2. The molecule has 0 bridgehead atoms. The molecule has 9 heteroatoms. The van der Waals surface area contributed by atoms with E-state index < -0.39 is 38.0 Å². The van der Waals surface area contributed by atoms with Gasteiger partial charge in [0.05, 0.1) is 23.1 Å². The molecule has 3 N–H and O–H groups in total. The number of amides is 1. The number of sulfonamides is 1. The molecule has 0 saturated carbocycles. The zero-order chi connectivity index (χ0) is 14.9. The van der Waals surface area contributed by atoms with Crippen LogP contribution in [-0.4, -0.2) is 33.6 Å². The number of rotatable bonds is 3. The van der Waals surface area contributed by atoms with Crippen LogP contribution in [0, 0.1) is 11.6 Å². The summed E-state index contributed by atoms with van der Waals surface area (Å²) >= 11 is 0. The molecule has 1 atom stereocenters. The van der Waals surface area contributed by atoms with Gasteiger partial charge in [0.1, 0.15) is 0 Å². The first-order valence-electron chi connectivity index (χ1n) is 5.69. The van der Waals surface area contributed by atoms with E-state index in [-0.39, 0.29) is 12.6 Å². The van der Waals surface area contributed by atoms with Gasteiger partial charge in [-0.3, -0.25) is 4.79 Å². The third-order valence-corrected chi connectivity index (χ3v) is 3.73. The van der Waals surface area contributed by atoms with E-state index in [1.165, 1.54) is 0 Å². The Morgan fingerprint density at radius 3 is 2.65 bits per heavy atom. The number of hydrogen-bond acceptors (Lipinski definition) is 4. The van der Waals surface area contributed by atoms with E-state index in [0.717, 1.165) is 0 Å². The lowest BCUT2D eigenvalue weighted by atomic mass is 10.1. The van der Waals surface area contributed by atoms with E-state index in [1.807, 2.05) is 0 Å². The number of ether oxygens (including phenoxy) is 1. The Morgan fingerprint density at radius 2 is 2.10 bits per heavy atom. The lowest BCUT2D eigenvalue weighted by Gasteiger charge is -2.12. The Kier molecular flexibility index (Phi) is 4.02. The number of carbonyl (C=O) groups excluding carboxylic acids is 1. The summed E-state index contributed by atoms with van der Waals surface area (Å²) < 4.78 is 54.3. The van der Waals surface area contributed by atoms with Crippen LogP contribution in [0.3, 0.4) is 0 Å². The summed E-state index contributed by atoms with van der Waals surface area (Å²) in [6, 6.07) is 0.821. The second-order valence-corrected chi connectivity index (χ2v) is 5.91. The molecule has 6 nitrogen and oxygen atoms in total. The highest BCUT2D eigenvalue weighted by molar-refractivity contribution is 7.89. The molecule has 0 radical (unpaired) electrons. The van der Waals surface area contributed by atoms with Crippen molar-refractivity contribution in [2.45, 2.75) is 17.4 Å². The second-order valence-electron chi connectivity index (χ2n) is 4.35. The zero-order valence-corrected chi connectivity index (χ0v) is 11.0. The van der Waals surface area contributed by atoms with Crippen LogP contribution in [0.4, 0.5) is 8.78 Å². The van der Waals surface area contributed by atoms with Crippen molar-refractivity contribution in [2.24, 2.45) is 5.14 Å². The standard InChI is InChI=1S/C11H12F2N2O4S/c12-9-4-7(20(14,17)18)3-8(10(9)13)11(16)15-6-1-2-19-5-6/h3-4,6H,1-2,5H2,(H,15,16)(H2,14,17,18). The van der Waals surface area contributed by atoms with E-state index >= 15 is 0 Å². The molecule has 20 heavy (non-hydrogen) atoms. The van der Waals surface area contributed by atoms with Gasteiger partial charge < -0.3 is 10.1 Å². The van der Waals surface area contributed by atoms with Crippen molar-refractivity contribution in [3.63, 3.8) is 0 Å². The molecule has 2 rings (SSSR count). The van der Waals surface area contributed by atoms with Gasteiger partial charge in [0, 0.05) is 6.61 Å². The molecule has 1 aromatic rings.